The first-order valence-corrected chi connectivity index (χ1v) is 10.2. The molecule has 28 heavy (non-hydrogen) atoms. The van der Waals surface area contributed by atoms with Crippen molar-refractivity contribution in [2.24, 2.45) is 11.7 Å². The Bertz CT molecular complexity index is 758. The van der Waals surface area contributed by atoms with Crippen LogP contribution in [0.25, 0.3) is 0 Å². The van der Waals surface area contributed by atoms with E-state index in [4.69, 9.17) is 15.2 Å². The summed E-state index contributed by atoms with van der Waals surface area (Å²) in [7, 11) is 0. The molecule has 7 heteroatoms. The van der Waals surface area contributed by atoms with Crippen molar-refractivity contribution in [1.82, 2.24) is 9.97 Å². The van der Waals surface area contributed by atoms with Crippen LogP contribution in [0, 0.1) is 5.92 Å². The summed E-state index contributed by atoms with van der Waals surface area (Å²) in [6, 6.07) is 10.5. The fourth-order valence-corrected chi connectivity index (χ4v) is 3.77. The highest BCUT2D eigenvalue weighted by Gasteiger charge is 2.19. The predicted octanol–water partition coefficient (Wildman–Crippen LogP) is 2.95. The molecule has 2 aliphatic rings. The Hall–Kier alpha value is -2.38. The lowest BCUT2D eigenvalue weighted by atomic mass is 9.87. The highest BCUT2D eigenvalue weighted by atomic mass is 16.5. The molecular formula is C21H29N5O2. The van der Waals surface area contributed by atoms with Crippen molar-refractivity contribution in [3.63, 3.8) is 0 Å². The summed E-state index contributed by atoms with van der Waals surface area (Å²) >= 11 is 0. The van der Waals surface area contributed by atoms with Gasteiger partial charge in [-0.05, 0) is 49.8 Å². The third-order valence-corrected chi connectivity index (χ3v) is 5.47. The van der Waals surface area contributed by atoms with Crippen LogP contribution >= 0.6 is 0 Å². The van der Waals surface area contributed by atoms with Crippen LogP contribution in [-0.2, 0) is 4.74 Å². The van der Waals surface area contributed by atoms with Crippen molar-refractivity contribution in [2.45, 2.75) is 31.7 Å². The van der Waals surface area contributed by atoms with Gasteiger partial charge in [-0.25, -0.2) is 4.98 Å². The predicted molar refractivity (Wildman–Crippen MR) is 110 cm³/mol. The average molecular weight is 383 g/mol. The highest BCUT2D eigenvalue weighted by molar-refractivity contribution is 5.62. The maximum absolute atomic E-state index is 5.98. The monoisotopic (exact) mass is 383 g/mol. The van der Waals surface area contributed by atoms with Crippen LogP contribution in [0.4, 0.5) is 17.3 Å². The molecule has 0 atom stereocenters. The number of rotatable bonds is 6. The normalized spacial score (nSPS) is 22.7. The van der Waals surface area contributed by atoms with Crippen molar-refractivity contribution in [3.05, 3.63) is 36.5 Å². The first-order valence-electron chi connectivity index (χ1n) is 10.2. The summed E-state index contributed by atoms with van der Waals surface area (Å²) in [6.45, 7) is 4.06. The Morgan fingerprint density at radius 1 is 1.14 bits per heavy atom. The summed E-state index contributed by atoms with van der Waals surface area (Å²) in [5, 5.41) is 3.29. The Balaban J connectivity index is 1.35. The maximum Gasteiger partial charge on any atom is 0.230 e. The van der Waals surface area contributed by atoms with Gasteiger partial charge in [-0.1, -0.05) is 6.07 Å². The average Bonchev–Trinajstić information content (AvgIpc) is 2.74. The van der Waals surface area contributed by atoms with Gasteiger partial charge in [0.15, 0.2) is 0 Å². The zero-order valence-corrected chi connectivity index (χ0v) is 16.2. The van der Waals surface area contributed by atoms with Gasteiger partial charge in [-0.2, -0.15) is 4.98 Å². The van der Waals surface area contributed by atoms with E-state index in [1.807, 2.05) is 18.2 Å². The highest BCUT2D eigenvalue weighted by Crippen LogP contribution is 2.25. The lowest BCUT2D eigenvalue weighted by Crippen LogP contribution is -2.36. The number of nitrogens with zero attached hydrogens (tertiary/aromatic N) is 3. The van der Waals surface area contributed by atoms with Gasteiger partial charge in [0.1, 0.15) is 0 Å². The van der Waals surface area contributed by atoms with Gasteiger partial charge in [-0.15, -0.1) is 0 Å². The van der Waals surface area contributed by atoms with E-state index in [2.05, 4.69) is 32.3 Å². The summed E-state index contributed by atoms with van der Waals surface area (Å²) in [6.07, 6.45) is 6.17. The molecular weight excluding hydrogens is 354 g/mol. The van der Waals surface area contributed by atoms with Crippen LogP contribution in [-0.4, -0.2) is 48.9 Å². The van der Waals surface area contributed by atoms with E-state index in [9.17, 15) is 0 Å². The van der Waals surface area contributed by atoms with Crippen molar-refractivity contribution in [2.75, 3.05) is 43.1 Å². The number of morpholine rings is 1. The molecule has 1 aromatic carbocycles. The third-order valence-electron chi connectivity index (χ3n) is 5.47. The van der Waals surface area contributed by atoms with Gasteiger partial charge < -0.3 is 25.4 Å². The number of nitrogens with one attached hydrogen (secondary N) is 1. The van der Waals surface area contributed by atoms with E-state index in [0.717, 1.165) is 57.7 Å². The molecule has 4 rings (SSSR count). The molecule has 0 unspecified atom stereocenters. The molecule has 1 aromatic heterocycles. The van der Waals surface area contributed by atoms with Gasteiger partial charge in [0.25, 0.3) is 0 Å². The topological polar surface area (TPSA) is 85.5 Å². The molecule has 1 aliphatic carbocycles. The Morgan fingerprint density at radius 2 is 1.96 bits per heavy atom. The zero-order valence-electron chi connectivity index (χ0n) is 16.2. The Morgan fingerprint density at radius 3 is 2.79 bits per heavy atom. The van der Waals surface area contributed by atoms with E-state index < -0.39 is 0 Å². The Labute approximate surface area is 166 Å². The fraction of sp³-hybridized carbons (Fsp3) is 0.524. The largest absolute Gasteiger partial charge is 0.477 e. The minimum atomic E-state index is 0.360. The van der Waals surface area contributed by atoms with Gasteiger partial charge in [0, 0.05) is 42.8 Å². The quantitative estimate of drug-likeness (QED) is 0.793. The number of benzene rings is 1. The van der Waals surface area contributed by atoms with Gasteiger partial charge in [0.05, 0.1) is 19.8 Å². The van der Waals surface area contributed by atoms with E-state index in [0.29, 0.717) is 30.4 Å². The lowest BCUT2D eigenvalue weighted by Gasteiger charge is -2.29. The van der Waals surface area contributed by atoms with Gasteiger partial charge in [-0.3, -0.25) is 0 Å². The summed E-state index contributed by atoms with van der Waals surface area (Å²) in [5.74, 6) is 1.72. The number of aromatic nitrogens is 2. The second-order valence-electron chi connectivity index (χ2n) is 7.59. The van der Waals surface area contributed by atoms with E-state index in [-0.39, 0.29) is 0 Å². The molecule has 0 amide bonds. The van der Waals surface area contributed by atoms with Gasteiger partial charge >= 0.3 is 0 Å². The smallest absolute Gasteiger partial charge is 0.230 e. The summed E-state index contributed by atoms with van der Waals surface area (Å²) in [5.41, 5.74) is 8.11. The van der Waals surface area contributed by atoms with E-state index in [1.54, 1.807) is 6.20 Å². The second kappa shape index (κ2) is 9.21. The first kappa shape index (κ1) is 19.0. The third kappa shape index (κ3) is 5.11. The standard InChI is InChI=1S/C21H29N5O2/c22-17-6-4-16(5-7-17)15-28-20-8-9-23-21(25-20)24-18-2-1-3-19(14-18)26-10-12-27-13-11-26/h1-3,8-9,14,16-17H,4-7,10-13,15,22H2,(H,23,24,25). The van der Waals surface area contributed by atoms with Gasteiger partial charge in [0.2, 0.25) is 11.8 Å². The molecule has 0 bridgehead atoms. The summed E-state index contributed by atoms with van der Waals surface area (Å²) in [4.78, 5) is 11.2. The molecule has 2 aromatic rings. The van der Waals surface area contributed by atoms with E-state index in [1.165, 1.54) is 5.69 Å². The first-order chi connectivity index (χ1) is 13.8. The van der Waals surface area contributed by atoms with Crippen LogP contribution in [0.5, 0.6) is 5.88 Å². The molecule has 1 saturated heterocycles. The molecule has 3 N–H and O–H groups in total. The maximum atomic E-state index is 5.98. The lowest BCUT2D eigenvalue weighted by molar-refractivity contribution is 0.122. The zero-order chi connectivity index (χ0) is 19.2. The minimum absolute atomic E-state index is 0.360. The number of nitrogens with two attached hydrogens (primary N) is 1. The molecule has 7 nitrogen and oxygen atoms in total. The van der Waals surface area contributed by atoms with Crippen LogP contribution in [0.1, 0.15) is 25.7 Å². The number of hydrogen-bond donors (Lipinski definition) is 2. The summed E-state index contributed by atoms with van der Waals surface area (Å²) < 4.78 is 11.4. The number of anilines is 3. The molecule has 0 radical (unpaired) electrons. The number of ether oxygens (including phenoxy) is 2. The van der Waals surface area contributed by atoms with Crippen molar-refractivity contribution >= 4 is 17.3 Å². The molecule has 150 valence electrons. The molecule has 0 spiro atoms. The van der Waals surface area contributed by atoms with Crippen molar-refractivity contribution in [3.8, 4) is 5.88 Å². The Kier molecular flexibility index (Phi) is 6.24. The van der Waals surface area contributed by atoms with Crippen molar-refractivity contribution < 1.29 is 9.47 Å². The number of hydrogen-bond acceptors (Lipinski definition) is 7. The van der Waals surface area contributed by atoms with Crippen molar-refractivity contribution in [1.29, 1.82) is 0 Å². The molecule has 2 fully saturated rings. The second-order valence-corrected chi connectivity index (χ2v) is 7.59. The van der Waals surface area contributed by atoms with Crippen LogP contribution in [0.3, 0.4) is 0 Å². The SMILES string of the molecule is NC1CCC(COc2ccnc(Nc3cccc(N4CCOCC4)c3)n2)CC1. The fourth-order valence-electron chi connectivity index (χ4n) is 3.77. The molecule has 1 saturated carbocycles. The van der Waals surface area contributed by atoms with Crippen LogP contribution in [0.15, 0.2) is 36.5 Å². The van der Waals surface area contributed by atoms with Crippen LogP contribution in [0.2, 0.25) is 0 Å². The molecule has 1 aliphatic heterocycles. The minimum Gasteiger partial charge on any atom is -0.477 e. The molecule has 2 heterocycles. The van der Waals surface area contributed by atoms with Crippen LogP contribution < -0.4 is 20.7 Å². The van der Waals surface area contributed by atoms with E-state index >= 15 is 0 Å².